The third-order valence-corrected chi connectivity index (χ3v) is 5.32. The van der Waals surface area contributed by atoms with Crippen LogP contribution in [-0.4, -0.2) is 49.4 Å². The quantitative estimate of drug-likeness (QED) is 0.678. The molecule has 5 nitrogen and oxygen atoms in total. The van der Waals surface area contributed by atoms with E-state index in [-0.39, 0.29) is 18.3 Å². The Morgan fingerprint density at radius 3 is 2.36 bits per heavy atom. The first-order chi connectivity index (χ1) is 13.3. The van der Waals surface area contributed by atoms with Gasteiger partial charge in [-0.15, -0.1) is 0 Å². The smallest absolute Gasteiger partial charge is 0.260 e. The maximum absolute atomic E-state index is 14.3. The van der Waals surface area contributed by atoms with Gasteiger partial charge in [0.25, 0.3) is 5.91 Å². The lowest BCUT2D eigenvalue weighted by atomic mass is 10.1. The van der Waals surface area contributed by atoms with Crippen LogP contribution in [0.2, 0.25) is 10.0 Å². The number of carbonyl (C=O) groups is 2. The second kappa shape index (κ2) is 8.80. The first-order valence-corrected chi connectivity index (χ1v) is 9.52. The number of rotatable bonds is 5. The zero-order chi connectivity index (χ0) is 20.3. The minimum Gasteiger partial charge on any atom is -0.484 e. The van der Waals surface area contributed by atoms with Gasteiger partial charge in [0.1, 0.15) is 11.6 Å². The number of hydrogen-bond donors (Lipinski definition) is 0. The van der Waals surface area contributed by atoms with Crippen LogP contribution in [0.5, 0.6) is 5.75 Å². The molecule has 0 bridgehead atoms. The molecule has 1 heterocycles. The average Bonchev–Trinajstić information content (AvgIpc) is 2.68. The molecule has 0 spiro atoms. The van der Waals surface area contributed by atoms with Gasteiger partial charge in [-0.2, -0.15) is 0 Å². The number of piperazine rings is 1. The van der Waals surface area contributed by atoms with E-state index in [0.717, 1.165) is 0 Å². The minimum atomic E-state index is -0.435. The highest BCUT2D eigenvalue weighted by Crippen LogP contribution is 2.26. The summed E-state index contributed by atoms with van der Waals surface area (Å²) < 4.78 is 19.8. The van der Waals surface area contributed by atoms with E-state index in [1.165, 1.54) is 13.0 Å². The van der Waals surface area contributed by atoms with Crippen LogP contribution in [0.4, 0.5) is 10.1 Å². The van der Waals surface area contributed by atoms with Crippen LogP contribution in [0.25, 0.3) is 0 Å². The van der Waals surface area contributed by atoms with Crippen molar-refractivity contribution < 1.29 is 18.7 Å². The summed E-state index contributed by atoms with van der Waals surface area (Å²) in [4.78, 5) is 27.3. The Kier molecular flexibility index (Phi) is 6.42. The first kappa shape index (κ1) is 20.4. The lowest BCUT2D eigenvalue weighted by molar-refractivity contribution is -0.133. The Morgan fingerprint density at radius 2 is 1.75 bits per heavy atom. The summed E-state index contributed by atoms with van der Waals surface area (Å²) in [5, 5.41) is 0.776. The first-order valence-electron chi connectivity index (χ1n) is 8.76. The fourth-order valence-corrected chi connectivity index (χ4v) is 3.27. The van der Waals surface area contributed by atoms with Gasteiger partial charge in [-0.25, -0.2) is 4.39 Å². The molecule has 0 atom stereocenters. The lowest BCUT2D eigenvalue weighted by Gasteiger charge is -2.36. The highest BCUT2D eigenvalue weighted by atomic mass is 35.5. The fraction of sp³-hybridized carbons (Fsp3) is 0.300. The molecule has 1 aliphatic heterocycles. The van der Waals surface area contributed by atoms with E-state index >= 15 is 0 Å². The van der Waals surface area contributed by atoms with Gasteiger partial charge < -0.3 is 14.5 Å². The van der Waals surface area contributed by atoms with E-state index in [4.69, 9.17) is 27.9 Å². The van der Waals surface area contributed by atoms with Crippen molar-refractivity contribution >= 4 is 40.6 Å². The van der Waals surface area contributed by atoms with Crippen molar-refractivity contribution in [3.05, 3.63) is 57.8 Å². The van der Waals surface area contributed by atoms with Crippen LogP contribution in [0, 0.1) is 5.82 Å². The van der Waals surface area contributed by atoms with Crippen molar-refractivity contribution in [2.24, 2.45) is 0 Å². The van der Waals surface area contributed by atoms with Crippen molar-refractivity contribution in [1.29, 1.82) is 0 Å². The van der Waals surface area contributed by atoms with E-state index < -0.39 is 5.82 Å². The highest BCUT2D eigenvalue weighted by molar-refractivity contribution is 6.42. The molecule has 2 aromatic rings. The van der Waals surface area contributed by atoms with Crippen molar-refractivity contribution in [2.45, 2.75) is 6.92 Å². The van der Waals surface area contributed by atoms with Crippen LogP contribution in [-0.2, 0) is 4.79 Å². The third kappa shape index (κ3) is 4.75. The van der Waals surface area contributed by atoms with Crippen LogP contribution in [0.15, 0.2) is 36.4 Å². The molecule has 0 saturated carbocycles. The van der Waals surface area contributed by atoms with E-state index in [2.05, 4.69) is 0 Å². The van der Waals surface area contributed by atoms with Crippen molar-refractivity contribution in [3.8, 4) is 5.75 Å². The molecule has 0 aromatic heterocycles. The number of nitrogens with zero attached hydrogens (tertiary/aromatic N) is 2. The predicted molar refractivity (Wildman–Crippen MR) is 107 cm³/mol. The number of Topliss-reactive ketones (excluding diaryl/α,β-unsaturated/α-hetero) is 1. The maximum atomic E-state index is 14.3. The molecule has 1 amide bonds. The molecule has 1 aliphatic rings. The maximum Gasteiger partial charge on any atom is 0.260 e. The van der Waals surface area contributed by atoms with E-state index in [1.807, 2.05) is 4.90 Å². The number of ether oxygens (including phenoxy) is 1. The number of carbonyl (C=O) groups excluding carboxylic acids is 2. The van der Waals surface area contributed by atoms with Gasteiger partial charge in [0.05, 0.1) is 15.7 Å². The molecule has 0 unspecified atom stereocenters. The second-order valence-electron chi connectivity index (χ2n) is 6.45. The highest BCUT2D eigenvalue weighted by Gasteiger charge is 2.23. The van der Waals surface area contributed by atoms with E-state index in [0.29, 0.717) is 53.2 Å². The Hall–Kier alpha value is -2.31. The topological polar surface area (TPSA) is 49.9 Å². The van der Waals surface area contributed by atoms with Crippen LogP contribution >= 0.6 is 23.2 Å². The van der Waals surface area contributed by atoms with Gasteiger partial charge in [-0.1, -0.05) is 23.2 Å². The standard InChI is InChI=1S/C20H19Cl2FN2O3/c1-13(26)14-2-5-19(18(23)10-14)24-6-8-25(9-7-24)20(27)12-28-15-3-4-16(21)17(22)11-15/h2-5,10-11H,6-9,12H2,1H3. The van der Waals surface area contributed by atoms with Gasteiger partial charge in [0.15, 0.2) is 12.4 Å². The number of amides is 1. The molecule has 1 fully saturated rings. The summed E-state index contributed by atoms with van der Waals surface area (Å²) in [6.07, 6.45) is 0. The minimum absolute atomic E-state index is 0.111. The molecule has 1 saturated heterocycles. The van der Waals surface area contributed by atoms with Crippen LogP contribution in [0.1, 0.15) is 17.3 Å². The normalized spacial score (nSPS) is 14.1. The number of benzene rings is 2. The number of anilines is 1. The lowest BCUT2D eigenvalue weighted by Crippen LogP contribution is -2.50. The monoisotopic (exact) mass is 424 g/mol. The summed E-state index contributed by atoms with van der Waals surface area (Å²) in [5.74, 6) is -0.301. The summed E-state index contributed by atoms with van der Waals surface area (Å²) in [6, 6.07) is 9.28. The van der Waals surface area contributed by atoms with Gasteiger partial charge >= 0.3 is 0 Å². The summed E-state index contributed by atoms with van der Waals surface area (Å²) in [7, 11) is 0. The molecule has 2 aromatic carbocycles. The number of hydrogen-bond acceptors (Lipinski definition) is 4. The van der Waals surface area contributed by atoms with Crippen molar-refractivity contribution in [3.63, 3.8) is 0 Å². The van der Waals surface area contributed by atoms with Crippen LogP contribution in [0.3, 0.4) is 0 Å². The van der Waals surface area contributed by atoms with Gasteiger partial charge in [0, 0.05) is 37.8 Å². The Balaban J connectivity index is 1.54. The van der Waals surface area contributed by atoms with E-state index in [9.17, 15) is 14.0 Å². The molecule has 0 radical (unpaired) electrons. The molecule has 8 heteroatoms. The molecule has 3 rings (SSSR count). The van der Waals surface area contributed by atoms with E-state index in [1.54, 1.807) is 35.2 Å². The summed E-state index contributed by atoms with van der Waals surface area (Å²) in [6.45, 7) is 3.19. The van der Waals surface area contributed by atoms with Gasteiger partial charge in [0.2, 0.25) is 0 Å². The zero-order valence-corrected chi connectivity index (χ0v) is 16.8. The Bertz CT molecular complexity index is 899. The third-order valence-electron chi connectivity index (χ3n) is 4.58. The van der Waals surface area contributed by atoms with Crippen LogP contribution < -0.4 is 9.64 Å². The fourth-order valence-electron chi connectivity index (χ4n) is 2.98. The Morgan fingerprint density at radius 1 is 1.04 bits per heavy atom. The average molecular weight is 425 g/mol. The number of ketones is 1. The molecule has 0 N–H and O–H groups in total. The van der Waals surface area contributed by atoms with Gasteiger partial charge in [-0.3, -0.25) is 9.59 Å². The molecule has 148 valence electrons. The summed E-state index contributed by atoms with van der Waals surface area (Å²) in [5.41, 5.74) is 0.777. The SMILES string of the molecule is CC(=O)c1ccc(N2CCN(C(=O)COc3ccc(Cl)c(Cl)c3)CC2)c(F)c1. The summed E-state index contributed by atoms with van der Waals surface area (Å²) >= 11 is 11.8. The second-order valence-corrected chi connectivity index (χ2v) is 7.27. The van der Waals surface area contributed by atoms with Crippen molar-refractivity contribution in [2.75, 3.05) is 37.7 Å². The predicted octanol–water partition coefficient (Wildman–Crippen LogP) is 4.06. The number of halogens is 3. The molecule has 28 heavy (non-hydrogen) atoms. The van der Waals surface area contributed by atoms with Gasteiger partial charge in [-0.05, 0) is 37.3 Å². The Labute approximate surface area is 172 Å². The van der Waals surface area contributed by atoms with Crippen molar-refractivity contribution in [1.82, 2.24) is 4.90 Å². The molecular weight excluding hydrogens is 406 g/mol. The zero-order valence-electron chi connectivity index (χ0n) is 15.3. The molecule has 0 aliphatic carbocycles. The largest absolute Gasteiger partial charge is 0.484 e. The molecular formula is C20H19Cl2FN2O3.